The summed E-state index contributed by atoms with van der Waals surface area (Å²) < 4.78 is 5.39. The Morgan fingerprint density at radius 3 is 2.58 bits per heavy atom. The summed E-state index contributed by atoms with van der Waals surface area (Å²) >= 11 is 0. The SMILES string of the molecule is O=C(c1ccc(N2CCOCC2)cc1)N1CCC[C@@H]1c1ccc[nH]1. The predicted octanol–water partition coefficient (Wildman–Crippen LogP) is 2.83. The summed E-state index contributed by atoms with van der Waals surface area (Å²) in [6.07, 6.45) is 4.01. The van der Waals surface area contributed by atoms with Crippen LogP contribution in [0.2, 0.25) is 0 Å². The maximum absolute atomic E-state index is 12.9. The first-order chi connectivity index (χ1) is 11.8. The molecule has 5 nitrogen and oxygen atoms in total. The van der Waals surface area contributed by atoms with Gasteiger partial charge in [-0.1, -0.05) is 0 Å². The van der Waals surface area contributed by atoms with Crippen molar-refractivity contribution in [3.63, 3.8) is 0 Å². The van der Waals surface area contributed by atoms with Gasteiger partial charge < -0.3 is 19.5 Å². The Hall–Kier alpha value is -2.27. The quantitative estimate of drug-likeness (QED) is 0.944. The number of aromatic nitrogens is 1. The minimum Gasteiger partial charge on any atom is -0.378 e. The molecule has 1 N–H and O–H groups in total. The summed E-state index contributed by atoms with van der Waals surface area (Å²) in [7, 11) is 0. The lowest BCUT2D eigenvalue weighted by atomic mass is 10.1. The molecule has 24 heavy (non-hydrogen) atoms. The minimum atomic E-state index is 0.126. The third-order valence-corrected chi connectivity index (χ3v) is 4.99. The summed E-state index contributed by atoms with van der Waals surface area (Å²) in [5.41, 5.74) is 3.06. The zero-order valence-electron chi connectivity index (χ0n) is 13.8. The molecule has 3 heterocycles. The molecule has 2 saturated heterocycles. The van der Waals surface area contributed by atoms with Crippen LogP contribution in [0.4, 0.5) is 5.69 Å². The number of aromatic amines is 1. The zero-order chi connectivity index (χ0) is 16.4. The average molecular weight is 325 g/mol. The van der Waals surface area contributed by atoms with Crippen LogP contribution in [-0.4, -0.2) is 48.6 Å². The summed E-state index contributed by atoms with van der Waals surface area (Å²) in [5.74, 6) is 0.126. The number of ether oxygens (including phenoxy) is 1. The maximum Gasteiger partial charge on any atom is 0.254 e. The van der Waals surface area contributed by atoms with Gasteiger partial charge in [-0.3, -0.25) is 4.79 Å². The number of carbonyl (C=O) groups excluding carboxylic acids is 1. The van der Waals surface area contributed by atoms with Gasteiger partial charge in [0, 0.05) is 42.8 Å². The highest BCUT2D eigenvalue weighted by Crippen LogP contribution is 2.32. The van der Waals surface area contributed by atoms with Crippen molar-refractivity contribution in [2.24, 2.45) is 0 Å². The topological polar surface area (TPSA) is 48.6 Å². The number of H-pyrrole nitrogens is 1. The summed E-state index contributed by atoms with van der Waals surface area (Å²) in [4.78, 5) is 20.5. The number of likely N-dealkylation sites (tertiary alicyclic amines) is 1. The second kappa shape index (κ2) is 6.69. The highest BCUT2D eigenvalue weighted by atomic mass is 16.5. The van der Waals surface area contributed by atoms with E-state index in [4.69, 9.17) is 4.74 Å². The molecule has 0 radical (unpaired) electrons. The maximum atomic E-state index is 12.9. The largest absolute Gasteiger partial charge is 0.378 e. The van der Waals surface area contributed by atoms with E-state index in [1.54, 1.807) is 0 Å². The third-order valence-electron chi connectivity index (χ3n) is 4.99. The summed E-state index contributed by atoms with van der Waals surface area (Å²) in [5, 5.41) is 0. The Bertz CT molecular complexity index is 675. The fourth-order valence-corrected chi connectivity index (χ4v) is 3.69. The molecule has 0 aliphatic carbocycles. The van der Waals surface area contributed by atoms with Crippen molar-refractivity contribution >= 4 is 11.6 Å². The third kappa shape index (κ3) is 2.91. The highest BCUT2D eigenvalue weighted by molar-refractivity contribution is 5.95. The van der Waals surface area contributed by atoms with Gasteiger partial charge in [0.15, 0.2) is 0 Å². The van der Waals surface area contributed by atoms with E-state index < -0.39 is 0 Å². The number of benzene rings is 1. The molecule has 126 valence electrons. The van der Waals surface area contributed by atoms with Crippen LogP contribution in [0, 0.1) is 0 Å². The molecule has 1 aromatic carbocycles. The van der Waals surface area contributed by atoms with Crippen molar-refractivity contribution in [3.05, 3.63) is 53.9 Å². The number of amides is 1. The number of hydrogen-bond acceptors (Lipinski definition) is 3. The van der Waals surface area contributed by atoms with Gasteiger partial charge in [-0.25, -0.2) is 0 Å². The van der Waals surface area contributed by atoms with Gasteiger partial charge in [-0.2, -0.15) is 0 Å². The Labute approximate surface area is 142 Å². The lowest BCUT2D eigenvalue weighted by Crippen LogP contribution is -2.36. The van der Waals surface area contributed by atoms with Crippen molar-refractivity contribution in [2.45, 2.75) is 18.9 Å². The molecule has 0 spiro atoms. The number of nitrogens with zero attached hydrogens (tertiary/aromatic N) is 2. The molecule has 1 atom stereocenters. The van der Waals surface area contributed by atoms with Gasteiger partial charge in [-0.05, 0) is 49.2 Å². The van der Waals surface area contributed by atoms with Crippen LogP contribution in [0.3, 0.4) is 0 Å². The molecule has 0 saturated carbocycles. The Morgan fingerprint density at radius 1 is 1.08 bits per heavy atom. The van der Waals surface area contributed by atoms with Gasteiger partial charge >= 0.3 is 0 Å². The molecule has 4 rings (SSSR count). The standard InChI is InChI=1S/C19H23N3O2/c23-19(22-10-2-4-18(22)17-3-1-9-20-17)15-5-7-16(8-6-15)21-11-13-24-14-12-21/h1,3,5-9,18,20H,2,4,10-14H2/t18-/m1/s1. The van der Waals surface area contributed by atoms with Crippen LogP contribution in [0.15, 0.2) is 42.6 Å². The highest BCUT2D eigenvalue weighted by Gasteiger charge is 2.31. The van der Waals surface area contributed by atoms with E-state index in [1.807, 2.05) is 29.3 Å². The summed E-state index contributed by atoms with van der Waals surface area (Å²) in [6, 6.07) is 12.3. The van der Waals surface area contributed by atoms with Gasteiger partial charge in [0.2, 0.25) is 0 Å². The van der Waals surface area contributed by atoms with Gasteiger partial charge in [-0.15, -0.1) is 0 Å². The molecular formula is C19H23N3O2. The fourth-order valence-electron chi connectivity index (χ4n) is 3.69. The van der Waals surface area contributed by atoms with E-state index in [0.29, 0.717) is 0 Å². The normalized spacial score (nSPS) is 21.2. The number of hydrogen-bond donors (Lipinski definition) is 1. The Balaban J connectivity index is 1.49. The van der Waals surface area contributed by atoms with Crippen LogP contribution in [0.1, 0.15) is 34.9 Å². The van der Waals surface area contributed by atoms with E-state index in [0.717, 1.165) is 62.6 Å². The van der Waals surface area contributed by atoms with Crippen molar-refractivity contribution in [2.75, 3.05) is 37.7 Å². The van der Waals surface area contributed by atoms with E-state index in [1.165, 1.54) is 0 Å². The molecule has 2 fully saturated rings. The van der Waals surface area contributed by atoms with Crippen molar-refractivity contribution in [1.82, 2.24) is 9.88 Å². The van der Waals surface area contributed by atoms with Crippen LogP contribution in [0.25, 0.3) is 0 Å². The van der Waals surface area contributed by atoms with E-state index in [2.05, 4.69) is 28.1 Å². The van der Waals surface area contributed by atoms with E-state index in [9.17, 15) is 4.79 Å². The Morgan fingerprint density at radius 2 is 1.88 bits per heavy atom. The number of nitrogens with one attached hydrogen (secondary N) is 1. The molecule has 0 unspecified atom stereocenters. The van der Waals surface area contributed by atoms with Gasteiger partial charge in [0.25, 0.3) is 5.91 Å². The lowest BCUT2D eigenvalue weighted by molar-refractivity contribution is 0.0733. The Kier molecular flexibility index (Phi) is 4.26. The van der Waals surface area contributed by atoms with E-state index in [-0.39, 0.29) is 11.9 Å². The number of anilines is 1. The molecule has 0 bridgehead atoms. The molecule has 2 aliphatic heterocycles. The lowest BCUT2D eigenvalue weighted by Gasteiger charge is -2.29. The number of carbonyl (C=O) groups is 1. The van der Waals surface area contributed by atoms with Crippen LogP contribution in [-0.2, 0) is 4.74 Å². The molecule has 5 heteroatoms. The van der Waals surface area contributed by atoms with Crippen LogP contribution in [0.5, 0.6) is 0 Å². The fraction of sp³-hybridized carbons (Fsp3) is 0.421. The first-order valence-corrected chi connectivity index (χ1v) is 8.70. The minimum absolute atomic E-state index is 0.126. The average Bonchev–Trinajstić information content (AvgIpc) is 3.33. The first-order valence-electron chi connectivity index (χ1n) is 8.70. The first kappa shape index (κ1) is 15.3. The van der Waals surface area contributed by atoms with Gasteiger partial charge in [0.1, 0.15) is 0 Å². The second-order valence-electron chi connectivity index (χ2n) is 6.43. The zero-order valence-corrected chi connectivity index (χ0v) is 13.8. The smallest absolute Gasteiger partial charge is 0.254 e. The second-order valence-corrected chi connectivity index (χ2v) is 6.43. The van der Waals surface area contributed by atoms with Crippen molar-refractivity contribution in [1.29, 1.82) is 0 Å². The monoisotopic (exact) mass is 325 g/mol. The van der Waals surface area contributed by atoms with Crippen LogP contribution >= 0.6 is 0 Å². The van der Waals surface area contributed by atoms with Crippen LogP contribution < -0.4 is 4.90 Å². The molecule has 2 aromatic rings. The molecular weight excluding hydrogens is 302 g/mol. The van der Waals surface area contributed by atoms with Crippen molar-refractivity contribution < 1.29 is 9.53 Å². The predicted molar refractivity (Wildman–Crippen MR) is 93.3 cm³/mol. The number of morpholine rings is 1. The summed E-state index contributed by atoms with van der Waals surface area (Å²) in [6.45, 7) is 4.19. The van der Waals surface area contributed by atoms with Gasteiger partial charge in [0.05, 0.1) is 19.3 Å². The van der Waals surface area contributed by atoms with Crippen molar-refractivity contribution in [3.8, 4) is 0 Å². The molecule has 1 aromatic heterocycles. The van der Waals surface area contributed by atoms with E-state index >= 15 is 0 Å². The molecule has 2 aliphatic rings. The molecule has 1 amide bonds. The number of rotatable bonds is 3.